The highest BCUT2D eigenvalue weighted by Gasteiger charge is 2.10. The van der Waals surface area contributed by atoms with Crippen molar-refractivity contribution in [1.29, 1.82) is 5.41 Å². The Bertz CT molecular complexity index is 492. The third-order valence-corrected chi connectivity index (χ3v) is 3.69. The molecule has 7 nitrogen and oxygen atoms in total. The van der Waals surface area contributed by atoms with Crippen molar-refractivity contribution in [2.45, 2.75) is 12.2 Å². The third-order valence-electron chi connectivity index (χ3n) is 1.99. The second-order valence-electron chi connectivity index (χ2n) is 3.83. The first kappa shape index (κ1) is 15.4. The highest BCUT2D eigenvalue weighted by Crippen LogP contribution is 2.17. The Hall–Kier alpha value is -1.61. The van der Waals surface area contributed by atoms with Crippen LogP contribution >= 0.6 is 23.1 Å². The molecule has 0 bridgehead atoms. The van der Waals surface area contributed by atoms with Gasteiger partial charge in [-0.2, -0.15) is 4.99 Å². The standard InChI is InChI=1S/C10H16N6OS2/c1-16(2)8(17)3-7-14-6(4-18-7)5-19-10(13)15-9(11)12/h4H,3,5H2,1-2H3,(H5,11,12,13,15). The Balaban J connectivity index is 2.49. The van der Waals surface area contributed by atoms with E-state index in [1.807, 2.05) is 5.38 Å². The highest BCUT2D eigenvalue weighted by atomic mass is 32.2. The number of likely N-dealkylation sites (N-methyl/N-ethyl adjacent to an activating group) is 1. The van der Waals surface area contributed by atoms with E-state index in [9.17, 15) is 4.79 Å². The lowest BCUT2D eigenvalue weighted by Gasteiger charge is -2.07. The Morgan fingerprint density at radius 2 is 2.26 bits per heavy atom. The van der Waals surface area contributed by atoms with Crippen LogP contribution in [0.15, 0.2) is 10.4 Å². The summed E-state index contributed by atoms with van der Waals surface area (Å²) < 4.78 is 0. The molecular weight excluding hydrogens is 284 g/mol. The minimum Gasteiger partial charge on any atom is -0.370 e. The van der Waals surface area contributed by atoms with Crippen LogP contribution in [0.5, 0.6) is 0 Å². The van der Waals surface area contributed by atoms with Crippen molar-refractivity contribution in [1.82, 2.24) is 9.88 Å². The van der Waals surface area contributed by atoms with Gasteiger partial charge in [-0.3, -0.25) is 10.2 Å². The normalized spacial score (nSPS) is 10.0. The summed E-state index contributed by atoms with van der Waals surface area (Å²) in [6, 6.07) is 0. The lowest BCUT2D eigenvalue weighted by Crippen LogP contribution is -2.23. The first-order valence-corrected chi connectivity index (χ1v) is 7.19. The lowest BCUT2D eigenvalue weighted by atomic mass is 10.4. The number of nitrogens with one attached hydrogen (secondary N) is 1. The number of carbonyl (C=O) groups is 1. The fourth-order valence-corrected chi connectivity index (χ4v) is 2.57. The Morgan fingerprint density at radius 1 is 1.58 bits per heavy atom. The predicted octanol–water partition coefficient (Wildman–Crippen LogP) is 0.215. The van der Waals surface area contributed by atoms with E-state index in [-0.39, 0.29) is 17.0 Å². The van der Waals surface area contributed by atoms with Gasteiger partial charge in [-0.05, 0) is 0 Å². The number of guanidine groups is 1. The molecule has 0 spiro atoms. The number of nitrogens with zero attached hydrogens (tertiary/aromatic N) is 3. The topological polar surface area (TPSA) is 121 Å². The van der Waals surface area contributed by atoms with Gasteiger partial charge in [0.15, 0.2) is 11.1 Å². The van der Waals surface area contributed by atoms with E-state index in [0.717, 1.165) is 10.7 Å². The second-order valence-corrected chi connectivity index (χ2v) is 5.73. The molecule has 9 heteroatoms. The van der Waals surface area contributed by atoms with E-state index in [0.29, 0.717) is 12.2 Å². The SMILES string of the molecule is CN(C)C(=O)Cc1nc(CSC(=N)N=C(N)N)cs1. The number of nitrogens with two attached hydrogens (primary N) is 2. The lowest BCUT2D eigenvalue weighted by molar-refractivity contribution is -0.127. The second kappa shape index (κ2) is 7.10. The van der Waals surface area contributed by atoms with Crippen LogP contribution in [-0.2, 0) is 17.0 Å². The van der Waals surface area contributed by atoms with Crippen molar-refractivity contribution in [3.63, 3.8) is 0 Å². The van der Waals surface area contributed by atoms with Crippen molar-refractivity contribution in [2.24, 2.45) is 16.5 Å². The molecule has 5 N–H and O–H groups in total. The zero-order valence-corrected chi connectivity index (χ0v) is 12.3. The Kier molecular flexibility index (Phi) is 5.77. The van der Waals surface area contributed by atoms with Crippen molar-refractivity contribution in [3.05, 3.63) is 16.1 Å². The molecule has 0 atom stereocenters. The molecule has 0 unspecified atom stereocenters. The van der Waals surface area contributed by atoms with Crippen molar-refractivity contribution in [3.8, 4) is 0 Å². The summed E-state index contributed by atoms with van der Waals surface area (Å²) in [6.45, 7) is 0. The highest BCUT2D eigenvalue weighted by molar-refractivity contribution is 8.13. The van der Waals surface area contributed by atoms with E-state index in [4.69, 9.17) is 16.9 Å². The van der Waals surface area contributed by atoms with Gasteiger partial charge in [0.05, 0.1) is 12.1 Å². The van der Waals surface area contributed by atoms with Crippen LogP contribution in [0.25, 0.3) is 0 Å². The number of aliphatic imine (C=N–C) groups is 1. The van der Waals surface area contributed by atoms with Crippen LogP contribution in [0.2, 0.25) is 0 Å². The van der Waals surface area contributed by atoms with Crippen LogP contribution in [0.4, 0.5) is 0 Å². The maximum atomic E-state index is 11.5. The van der Waals surface area contributed by atoms with Gasteiger partial charge in [0.1, 0.15) is 5.01 Å². The summed E-state index contributed by atoms with van der Waals surface area (Å²) in [5.41, 5.74) is 11.1. The molecule has 0 aliphatic rings. The molecule has 0 saturated carbocycles. The maximum Gasteiger partial charge on any atom is 0.228 e. The van der Waals surface area contributed by atoms with Crippen LogP contribution in [0, 0.1) is 5.41 Å². The van der Waals surface area contributed by atoms with E-state index < -0.39 is 0 Å². The summed E-state index contributed by atoms with van der Waals surface area (Å²) in [5, 5.41) is 10.2. The average Bonchev–Trinajstić information content (AvgIpc) is 2.73. The van der Waals surface area contributed by atoms with Crippen molar-refractivity contribution in [2.75, 3.05) is 14.1 Å². The molecule has 1 aromatic heterocycles. The summed E-state index contributed by atoms with van der Waals surface area (Å²) >= 11 is 2.61. The number of amides is 1. The Labute approximate surface area is 119 Å². The third kappa shape index (κ3) is 5.71. The van der Waals surface area contributed by atoms with Crippen molar-refractivity contribution >= 4 is 40.1 Å². The number of hydrogen-bond acceptors (Lipinski definition) is 5. The van der Waals surface area contributed by atoms with Gasteiger partial charge in [0.2, 0.25) is 5.91 Å². The molecule has 0 saturated heterocycles. The number of carbonyl (C=O) groups excluding carboxylic acids is 1. The smallest absolute Gasteiger partial charge is 0.228 e. The summed E-state index contributed by atoms with van der Waals surface area (Å²) in [7, 11) is 3.42. The molecule has 0 aliphatic heterocycles. The summed E-state index contributed by atoms with van der Waals surface area (Å²) in [4.78, 5) is 21.0. The zero-order valence-electron chi connectivity index (χ0n) is 10.7. The van der Waals surface area contributed by atoms with E-state index in [2.05, 4.69) is 9.98 Å². The number of rotatable bonds is 4. The quantitative estimate of drug-likeness (QED) is 0.542. The first-order valence-electron chi connectivity index (χ1n) is 5.33. The van der Waals surface area contributed by atoms with Crippen LogP contribution in [-0.4, -0.2) is 41.0 Å². The minimum atomic E-state index is -0.131. The number of thioether (sulfide) groups is 1. The van der Waals surface area contributed by atoms with E-state index in [1.165, 1.54) is 28.0 Å². The maximum absolute atomic E-state index is 11.5. The molecule has 1 rings (SSSR count). The Morgan fingerprint density at radius 3 is 2.84 bits per heavy atom. The fourth-order valence-electron chi connectivity index (χ4n) is 1.08. The van der Waals surface area contributed by atoms with Crippen molar-refractivity contribution < 1.29 is 4.79 Å². The van der Waals surface area contributed by atoms with Gasteiger partial charge in [-0.1, -0.05) is 11.8 Å². The van der Waals surface area contributed by atoms with Gasteiger partial charge in [-0.25, -0.2) is 4.98 Å². The predicted molar refractivity (Wildman–Crippen MR) is 79.3 cm³/mol. The number of hydrogen-bond donors (Lipinski definition) is 3. The van der Waals surface area contributed by atoms with Gasteiger partial charge >= 0.3 is 0 Å². The molecule has 0 radical (unpaired) electrons. The molecule has 0 aliphatic carbocycles. The van der Waals surface area contributed by atoms with Gasteiger partial charge < -0.3 is 16.4 Å². The fraction of sp³-hybridized carbons (Fsp3) is 0.400. The largest absolute Gasteiger partial charge is 0.370 e. The molecule has 0 fully saturated rings. The van der Waals surface area contributed by atoms with Gasteiger partial charge in [0.25, 0.3) is 0 Å². The summed E-state index contributed by atoms with van der Waals surface area (Å²) in [6.07, 6.45) is 0.299. The summed E-state index contributed by atoms with van der Waals surface area (Å²) in [5.74, 6) is 0.386. The van der Waals surface area contributed by atoms with E-state index >= 15 is 0 Å². The number of aromatic nitrogens is 1. The first-order chi connectivity index (χ1) is 8.88. The molecule has 0 aromatic carbocycles. The van der Waals surface area contributed by atoms with Crippen LogP contribution in [0.3, 0.4) is 0 Å². The van der Waals surface area contributed by atoms with Gasteiger partial charge in [-0.15, -0.1) is 11.3 Å². The molecule has 19 heavy (non-hydrogen) atoms. The zero-order chi connectivity index (χ0) is 14.4. The molecule has 104 valence electrons. The number of amidine groups is 1. The number of thiazole rings is 1. The molecule has 1 aromatic rings. The molecule has 1 amide bonds. The minimum absolute atomic E-state index is 0.0156. The van der Waals surface area contributed by atoms with Crippen LogP contribution < -0.4 is 11.5 Å². The van der Waals surface area contributed by atoms with E-state index in [1.54, 1.807) is 14.1 Å². The monoisotopic (exact) mass is 300 g/mol. The van der Waals surface area contributed by atoms with Gasteiger partial charge in [0, 0.05) is 25.2 Å². The average molecular weight is 300 g/mol. The molecular formula is C10H16N6OS2. The van der Waals surface area contributed by atoms with Crippen LogP contribution in [0.1, 0.15) is 10.7 Å². The molecule has 1 heterocycles.